The summed E-state index contributed by atoms with van der Waals surface area (Å²) in [5, 5.41) is 1.28. The van der Waals surface area contributed by atoms with Gasteiger partial charge in [-0.3, -0.25) is 4.99 Å². The summed E-state index contributed by atoms with van der Waals surface area (Å²) in [4.78, 5) is 8.11. The molecule has 0 aliphatic carbocycles. The standard InChI is InChI=1S/C19H18N2O/c1-22-15-6-7-17-13(10-15)8-9-20-19(17)11-14-12-21-18-5-3-2-4-16(14)18/h2-7,10,12,21H,8-9,11H2,1H3. The van der Waals surface area contributed by atoms with Gasteiger partial charge in [-0.2, -0.15) is 0 Å². The second-order valence-corrected chi connectivity index (χ2v) is 5.64. The fourth-order valence-electron chi connectivity index (χ4n) is 3.19. The van der Waals surface area contributed by atoms with Crippen LogP contribution in [0.2, 0.25) is 0 Å². The minimum Gasteiger partial charge on any atom is -0.497 e. The molecule has 22 heavy (non-hydrogen) atoms. The van der Waals surface area contributed by atoms with E-state index in [0.29, 0.717) is 0 Å². The molecule has 0 saturated carbocycles. The molecule has 110 valence electrons. The molecule has 1 aromatic heterocycles. The van der Waals surface area contributed by atoms with E-state index >= 15 is 0 Å². The van der Waals surface area contributed by atoms with Crippen molar-refractivity contribution in [3.05, 3.63) is 65.4 Å². The maximum absolute atomic E-state index is 5.33. The summed E-state index contributed by atoms with van der Waals surface area (Å²) in [5.74, 6) is 0.923. The molecular formula is C19H18N2O. The summed E-state index contributed by atoms with van der Waals surface area (Å²) < 4.78 is 5.33. The highest BCUT2D eigenvalue weighted by atomic mass is 16.5. The molecule has 1 aliphatic heterocycles. The lowest BCUT2D eigenvalue weighted by atomic mass is 9.93. The predicted molar refractivity (Wildman–Crippen MR) is 90.1 cm³/mol. The minimum atomic E-state index is 0.859. The van der Waals surface area contributed by atoms with Crippen LogP contribution in [0.4, 0.5) is 0 Å². The Bertz CT molecular complexity index is 861. The lowest BCUT2D eigenvalue weighted by Crippen LogP contribution is -2.15. The zero-order valence-electron chi connectivity index (χ0n) is 12.6. The Morgan fingerprint density at radius 3 is 3.00 bits per heavy atom. The molecule has 0 spiro atoms. The van der Waals surface area contributed by atoms with Crippen LogP contribution in [0.3, 0.4) is 0 Å². The maximum atomic E-state index is 5.33. The Balaban J connectivity index is 1.71. The number of H-pyrrole nitrogens is 1. The number of aromatic nitrogens is 1. The Morgan fingerprint density at radius 1 is 1.18 bits per heavy atom. The van der Waals surface area contributed by atoms with E-state index in [2.05, 4.69) is 47.6 Å². The Kier molecular flexibility index (Phi) is 3.19. The van der Waals surface area contributed by atoms with Crippen LogP contribution in [0.25, 0.3) is 10.9 Å². The van der Waals surface area contributed by atoms with Crippen LogP contribution in [0.5, 0.6) is 5.75 Å². The van der Waals surface area contributed by atoms with Crippen molar-refractivity contribution >= 4 is 16.6 Å². The first-order valence-corrected chi connectivity index (χ1v) is 7.61. The second kappa shape index (κ2) is 5.34. The first kappa shape index (κ1) is 13.1. The van der Waals surface area contributed by atoms with Gasteiger partial charge in [0.1, 0.15) is 5.75 Å². The molecule has 3 heteroatoms. The first-order chi connectivity index (χ1) is 10.8. The number of nitrogens with one attached hydrogen (secondary N) is 1. The van der Waals surface area contributed by atoms with Crippen molar-refractivity contribution in [2.75, 3.05) is 13.7 Å². The molecule has 0 fully saturated rings. The summed E-state index contributed by atoms with van der Waals surface area (Å²) in [7, 11) is 1.71. The van der Waals surface area contributed by atoms with Crippen molar-refractivity contribution in [2.24, 2.45) is 4.99 Å². The third kappa shape index (κ3) is 2.19. The van der Waals surface area contributed by atoms with Gasteiger partial charge in [0.05, 0.1) is 7.11 Å². The van der Waals surface area contributed by atoms with Gasteiger partial charge in [0, 0.05) is 35.8 Å². The van der Waals surface area contributed by atoms with E-state index in [4.69, 9.17) is 9.73 Å². The lowest BCUT2D eigenvalue weighted by molar-refractivity contribution is 0.414. The monoisotopic (exact) mass is 290 g/mol. The number of hydrogen-bond acceptors (Lipinski definition) is 2. The average molecular weight is 290 g/mol. The van der Waals surface area contributed by atoms with Gasteiger partial charge in [-0.25, -0.2) is 0 Å². The molecular weight excluding hydrogens is 272 g/mol. The second-order valence-electron chi connectivity index (χ2n) is 5.64. The molecule has 0 saturated heterocycles. The van der Waals surface area contributed by atoms with E-state index in [9.17, 15) is 0 Å². The Hall–Kier alpha value is -2.55. The smallest absolute Gasteiger partial charge is 0.119 e. The zero-order valence-corrected chi connectivity index (χ0v) is 12.6. The van der Waals surface area contributed by atoms with Gasteiger partial charge < -0.3 is 9.72 Å². The van der Waals surface area contributed by atoms with Crippen LogP contribution >= 0.6 is 0 Å². The molecule has 3 aromatic rings. The molecule has 2 aromatic carbocycles. The summed E-state index contributed by atoms with van der Waals surface area (Å²) in [6, 6.07) is 14.7. The predicted octanol–water partition coefficient (Wildman–Crippen LogP) is 3.76. The van der Waals surface area contributed by atoms with Crippen molar-refractivity contribution in [2.45, 2.75) is 12.8 Å². The number of benzene rings is 2. The molecule has 0 radical (unpaired) electrons. The van der Waals surface area contributed by atoms with Crippen molar-refractivity contribution in [3.8, 4) is 5.75 Å². The molecule has 0 unspecified atom stereocenters. The van der Waals surface area contributed by atoms with Gasteiger partial charge in [0.25, 0.3) is 0 Å². The van der Waals surface area contributed by atoms with Crippen LogP contribution in [-0.4, -0.2) is 24.4 Å². The molecule has 1 N–H and O–H groups in total. The van der Waals surface area contributed by atoms with Crippen molar-refractivity contribution in [3.63, 3.8) is 0 Å². The van der Waals surface area contributed by atoms with Gasteiger partial charge in [0.15, 0.2) is 0 Å². The van der Waals surface area contributed by atoms with Crippen LogP contribution in [0.15, 0.2) is 53.7 Å². The largest absolute Gasteiger partial charge is 0.497 e. The number of para-hydroxylation sites is 1. The summed E-state index contributed by atoms with van der Waals surface area (Å²) in [6.07, 6.45) is 3.96. The van der Waals surface area contributed by atoms with E-state index in [1.54, 1.807) is 7.11 Å². The molecule has 1 aliphatic rings. The lowest BCUT2D eigenvalue weighted by Gasteiger charge is -2.17. The Labute approximate surface area is 129 Å². The number of rotatable bonds is 3. The van der Waals surface area contributed by atoms with E-state index < -0.39 is 0 Å². The quantitative estimate of drug-likeness (QED) is 0.783. The van der Waals surface area contributed by atoms with E-state index in [1.807, 2.05) is 6.07 Å². The number of aliphatic imine (C=N–C) groups is 1. The van der Waals surface area contributed by atoms with E-state index in [0.717, 1.165) is 25.1 Å². The Morgan fingerprint density at radius 2 is 2.09 bits per heavy atom. The number of aromatic amines is 1. The number of nitrogens with zero attached hydrogens (tertiary/aromatic N) is 1. The van der Waals surface area contributed by atoms with Gasteiger partial charge in [-0.15, -0.1) is 0 Å². The fraction of sp³-hybridized carbons (Fsp3) is 0.211. The highest BCUT2D eigenvalue weighted by Gasteiger charge is 2.16. The van der Waals surface area contributed by atoms with Gasteiger partial charge >= 0.3 is 0 Å². The number of hydrogen-bond donors (Lipinski definition) is 1. The van der Waals surface area contributed by atoms with Gasteiger partial charge in [-0.05, 0) is 47.4 Å². The number of fused-ring (bicyclic) bond motifs is 2. The molecule has 4 rings (SSSR count). The van der Waals surface area contributed by atoms with E-state index in [1.165, 1.54) is 33.3 Å². The first-order valence-electron chi connectivity index (χ1n) is 7.61. The number of methoxy groups -OCH3 is 1. The normalized spacial score (nSPS) is 13.8. The van der Waals surface area contributed by atoms with Crippen LogP contribution in [-0.2, 0) is 12.8 Å². The summed E-state index contributed by atoms with van der Waals surface area (Å²) in [5.41, 5.74) is 6.26. The highest BCUT2D eigenvalue weighted by molar-refractivity contribution is 6.05. The van der Waals surface area contributed by atoms with Crippen LogP contribution < -0.4 is 4.74 Å². The molecule has 0 amide bonds. The van der Waals surface area contributed by atoms with Crippen molar-refractivity contribution in [1.29, 1.82) is 0 Å². The topological polar surface area (TPSA) is 37.4 Å². The molecule has 0 bridgehead atoms. The van der Waals surface area contributed by atoms with Crippen molar-refractivity contribution in [1.82, 2.24) is 4.98 Å². The molecule has 3 nitrogen and oxygen atoms in total. The molecule has 2 heterocycles. The fourth-order valence-corrected chi connectivity index (χ4v) is 3.19. The van der Waals surface area contributed by atoms with E-state index in [-0.39, 0.29) is 0 Å². The zero-order chi connectivity index (χ0) is 14.9. The highest BCUT2D eigenvalue weighted by Crippen LogP contribution is 2.25. The van der Waals surface area contributed by atoms with Crippen LogP contribution in [0.1, 0.15) is 16.7 Å². The SMILES string of the molecule is COc1ccc2c(c1)CCN=C2Cc1c[nH]c2ccccc12. The summed E-state index contributed by atoms with van der Waals surface area (Å²) >= 11 is 0. The van der Waals surface area contributed by atoms with Gasteiger partial charge in [-0.1, -0.05) is 18.2 Å². The molecule has 0 atom stereocenters. The third-order valence-electron chi connectivity index (χ3n) is 4.34. The number of ether oxygens (including phenoxy) is 1. The van der Waals surface area contributed by atoms with Crippen molar-refractivity contribution < 1.29 is 4.74 Å². The third-order valence-corrected chi connectivity index (χ3v) is 4.34. The minimum absolute atomic E-state index is 0.859. The maximum Gasteiger partial charge on any atom is 0.119 e. The average Bonchev–Trinajstić information content (AvgIpc) is 2.98. The summed E-state index contributed by atoms with van der Waals surface area (Å²) in [6.45, 7) is 0.859. The van der Waals surface area contributed by atoms with Crippen LogP contribution in [0, 0.1) is 0 Å². The van der Waals surface area contributed by atoms with Gasteiger partial charge in [0.2, 0.25) is 0 Å².